The molecule has 6 nitrogen and oxygen atoms in total. The van der Waals surface area contributed by atoms with Crippen molar-refractivity contribution < 1.29 is 31.5 Å². The minimum atomic E-state index is -4.63. The van der Waals surface area contributed by atoms with Crippen molar-refractivity contribution in [2.24, 2.45) is 18.9 Å². The maximum absolute atomic E-state index is 14.5. The maximum Gasteiger partial charge on any atom is 0.418 e. The quantitative estimate of drug-likeness (QED) is 0.626. The first kappa shape index (κ1) is 21.8. The highest BCUT2D eigenvalue weighted by molar-refractivity contribution is 5.98. The molecule has 1 saturated heterocycles. The number of piperazine rings is 1. The Morgan fingerprint density at radius 3 is 2.47 bits per heavy atom. The first-order valence-electron chi connectivity index (χ1n) is 11.5. The SMILES string of the molecule is Cn1c(C(=O)N2CCN(C3C[C@H]4C[C@H]4C3(F)F)C(=O)C2)nc2c(C(F)(F)F)cc(C3CC3)cc21. The third-order valence-corrected chi connectivity index (χ3v) is 7.86. The summed E-state index contributed by atoms with van der Waals surface area (Å²) in [6, 6.07) is 1.60. The predicted molar refractivity (Wildman–Crippen MR) is 110 cm³/mol. The van der Waals surface area contributed by atoms with Gasteiger partial charge in [0.15, 0.2) is 5.82 Å². The zero-order valence-corrected chi connectivity index (χ0v) is 18.4. The highest BCUT2D eigenvalue weighted by atomic mass is 19.4. The number of hydrogen-bond donors (Lipinski definition) is 0. The number of nitrogens with zero attached hydrogens (tertiary/aromatic N) is 4. The third kappa shape index (κ3) is 3.22. The molecular weight excluding hydrogens is 459 g/mol. The van der Waals surface area contributed by atoms with Gasteiger partial charge in [-0.2, -0.15) is 13.2 Å². The van der Waals surface area contributed by atoms with Crippen LogP contribution < -0.4 is 0 Å². The molecule has 34 heavy (non-hydrogen) atoms. The van der Waals surface area contributed by atoms with Crippen molar-refractivity contribution in [3.63, 3.8) is 0 Å². The van der Waals surface area contributed by atoms with Crippen molar-refractivity contribution in [2.45, 2.75) is 49.7 Å². The number of alkyl halides is 5. The van der Waals surface area contributed by atoms with E-state index in [-0.39, 0.29) is 48.2 Å². The van der Waals surface area contributed by atoms with Gasteiger partial charge in [-0.1, -0.05) is 0 Å². The fraction of sp³-hybridized carbons (Fsp3) is 0.609. The van der Waals surface area contributed by atoms with Crippen LogP contribution in [0.1, 0.15) is 53.3 Å². The van der Waals surface area contributed by atoms with Crippen molar-refractivity contribution >= 4 is 22.8 Å². The Morgan fingerprint density at radius 1 is 1.15 bits per heavy atom. The minimum Gasteiger partial charge on any atom is -0.330 e. The Labute approximate surface area is 191 Å². The number of carbonyl (C=O) groups excluding carboxylic acids is 2. The van der Waals surface area contributed by atoms with Gasteiger partial charge < -0.3 is 14.4 Å². The number of amides is 2. The van der Waals surface area contributed by atoms with Crippen molar-refractivity contribution in [1.29, 1.82) is 0 Å². The second kappa shape index (κ2) is 6.91. The lowest BCUT2D eigenvalue weighted by atomic mass is 10.0. The van der Waals surface area contributed by atoms with Crippen molar-refractivity contribution in [1.82, 2.24) is 19.4 Å². The van der Waals surface area contributed by atoms with Gasteiger partial charge in [0, 0.05) is 26.1 Å². The van der Waals surface area contributed by atoms with Gasteiger partial charge >= 0.3 is 6.18 Å². The molecule has 1 unspecified atom stereocenters. The molecule has 4 aliphatic rings. The Kier molecular flexibility index (Phi) is 4.43. The average Bonchev–Trinajstić information content (AvgIpc) is 3.68. The molecule has 1 aromatic heterocycles. The number of benzene rings is 1. The van der Waals surface area contributed by atoms with E-state index < -0.39 is 48.0 Å². The molecule has 4 fully saturated rings. The first-order valence-corrected chi connectivity index (χ1v) is 11.5. The Bertz CT molecular complexity index is 1220. The second-order valence-corrected chi connectivity index (χ2v) is 10.0. The van der Waals surface area contributed by atoms with Crippen LogP contribution in [-0.2, 0) is 18.0 Å². The van der Waals surface area contributed by atoms with Gasteiger partial charge in [0.2, 0.25) is 5.91 Å². The van der Waals surface area contributed by atoms with E-state index >= 15 is 0 Å². The zero-order chi connectivity index (χ0) is 24.2. The molecule has 1 aliphatic heterocycles. The summed E-state index contributed by atoms with van der Waals surface area (Å²) in [6.45, 7) is -0.410. The number of imidazole rings is 1. The normalized spacial score (nSPS) is 28.5. The van der Waals surface area contributed by atoms with Crippen LogP contribution in [0, 0.1) is 11.8 Å². The van der Waals surface area contributed by atoms with E-state index in [1.165, 1.54) is 21.4 Å². The molecule has 182 valence electrons. The molecule has 1 aromatic carbocycles. The van der Waals surface area contributed by atoms with E-state index in [9.17, 15) is 31.5 Å². The Hall–Kier alpha value is -2.72. The predicted octanol–water partition coefficient (Wildman–Crippen LogP) is 3.80. The van der Waals surface area contributed by atoms with Gasteiger partial charge in [0.25, 0.3) is 11.8 Å². The number of aryl methyl sites for hydroxylation is 1. The summed E-state index contributed by atoms with van der Waals surface area (Å²) in [7, 11) is 1.48. The zero-order valence-electron chi connectivity index (χ0n) is 18.4. The number of halogens is 5. The summed E-state index contributed by atoms with van der Waals surface area (Å²) in [5.41, 5.74) is -0.418. The minimum absolute atomic E-state index is 0.0230. The van der Waals surface area contributed by atoms with Crippen molar-refractivity contribution in [2.75, 3.05) is 19.6 Å². The third-order valence-electron chi connectivity index (χ3n) is 7.86. The first-order chi connectivity index (χ1) is 16.0. The standard InChI is InChI=1S/C23H23F5N4O2/c1-30-16-8-12(11-2-3-11)6-15(23(26,27)28)19(16)29-20(30)21(34)31-4-5-32(18(33)10-31)17-9-13-7-14(13)22(17,24)25/h6,8,11,13-14,17H,2-5,7,9-10H2,1H3/t13-,14-,17?/m1/s1. The summed E-state index contributed by atoms with van der Waals surface area (Å²) >= 11 is 0. The Morgan fingerprint density at radius 2 is 1.88 bits per heavy atom. The van der Waals surface area contributed by atoms with Crippen molar-refractivity contribution in [3.8, 4) is 0 Å². The lowest BCUT2D eigenvalue weighted by molar-refractivity contribution is -0.149. The molecule has 0 N–H and O–H groups in total. The molecule has 2 amide bonds. The van der Waals surface area contributed by atoms with Gasteiger partial charge in [-0.25, -0.2) is 13.8 Å². The number of carbonyl (C=O) groups is 2. The van der Waals surface area contributed by atoms with Crippen molar-refractivity contribution in [3.05, 3.63) is 29.1 Å². The number of rotatable bonds is 3. The van der Waals surface area contributed by atoms with Crippen LogP contribution in [0.15, 0.2) is 12.1 Å². The fourth-order valence-corrected chi connectivity index (χ4v) is 5.71. The van der Waals surface area contributed by atoms with E-state index in [4.69, 9.17) is 0 Å². The molecule has 3 aliphatic carbocycles. The van der Waals surface area contributed by atoms with Gasteiger partial charge in [0.1, 0.15) is 12.1 Å². The number of aromatic nitrogens is 2. The van der Waals surface area contributed by atoms with E-state index in [0.29, 0.717) is 12.0 Å². The largest absolute Gasteiger partial charge is 0.418 e. The second-order valence-electron chi connectivity index (χ2n) is 10.0. The molecule has 11 heteroatoms. The summed E-state index contributed by atoms with van der Waals surface area (Å²) < 4.78 is 71.7. The lowest BCUT2D eigenvalue weighted by Crippen LogP contribution is -2.59. The monoisotopic (exact) mass is 482 g/mol. The Balaban J connectivity index is 1.27. The van der Waals surface area contributed by atoms with E-state index in [1.54, 1.807) is 6.07 Å². The molecule has 2 aromatic rings. The molecule has 3 saturated carbocycles. The maximum atomic E-state index is 14.5. The summed E-state index contributed by atoms with van der Waals surface area (Å²) in [5.74, 6) is -5.02. The number of hydrogen-bond acceptors (Lipinski definition) is 3. The molecule has 2 heterocycles. The van der Waals surface area contributed by atoms with Gasteiger partial charge in [0.05, 0.1) is 17.1 Å². The van der Waals surface area contributed by atoms with Gasteiger partial charge in [-0.15, -0.1) is 0 Å². The van der Waals surface area contributed by atoms with Gasteiger partial charge in [-0.3, -0.25) is 9.59 Å². The van der Waals surface area contributed by atoms with Crippen LogP contribution in [0.25, 0.3) is 11.0 Å². The fourth-order valence-electron chi connectivity index (χ4n) is 5.71. The van der Waals surface area contributed by atoms with Crippen LogP contribution in [0.5, 0.6) is 0 Å². The average molecular weight is 482 g/mol. The smallest absolute Gasteiger partial charge is 0.330 e. The lowest BCUT2D eigenvalue weighted by Gasteiger charge is -2.40. The topological polar surface area (TPSA) is 58.4 Å². The van der Waals surface area contributed by atoms with E-state index in [0.717, 1.165) is 18.9 Å². The van der Waals surface area contributed by atoms with Crippen LogP contribution in [0.2, 0.25) is 0 Å². The van der Waals surface area contributed by atoms with Crippen LogP contribution in [0.3, 0.4) is 0 Å². The molecule has 0 spiro atoms. The van der Waals surface area contributed by atoms with Crippen LogP contribution >= 0.6 is 0 Å². The molecule has 0 radical (unpaired) electrons. The van der Waals surface area contributed by atoms with Gasteiger partial charge in [-0.05, 0) is 55.2 Å². The summed E-state index contributed by atoms with van der Waals surface area (Å²) in [4.78, 5) is 32.3. The summed E-state index contributed by atoms with van der Waals surface area (Å²) in [5, 5.41) is 0. The van der Waals surface area contributed by atoms with Crippen LogP contribution in [0.4, 0.5) is 22.0 Å². The highest BCUT2D eigenvalue weighted by Crippen LogP contribution is 2.61. The van der Waals surface area contributed by atoms with E-state index in [2.05, 4.69) is 4.98 Å². The van der Waals surface area contributed by atoms with Crippen LogP contribution in [-0.4, -0.2) is 62.8 Å². The highest BCUT2D eigenvalue weighted by Gasteiger charge is 2.67. The summed E-state index contributed by atoms with van der Waals surface area (Å²) in [6.07, 6.45) is -2.23. The molecule has 3 atom stereocenters. The molecular formula is C23H23F5N4O2. The molecule has 0 bridgehead atoms. The number of fused-ring (bicyclic) bond motifs is 2. The molecule has 6 rings (SSSR count). The van der Waals surface area contributed by atoms with E-state index in [1.807, 2.05) is 0 Å².